The van der Waals surface area contributed by atoms with Gasteiger partial charge in [0.15, 0.2) is 11.6 Å². The number of hydrogen-bond acceptors (Lipinski definition) is 8. The van der Waals surface area contributed by atoms with Gasteiger partial charge in [0.25, 0.3) is 0 Å². The van der Waals surface area contributed by atoms with E-state index in [2.05, 4.69) is 6.92 Å². The van der Waals surface area contributed by atoms with Crippen molar-refractivity contribution in [3.63, 3.8) is 0 Å². The molecule has 0 saturated heterocycles. The van der Waals surface area contributed by atoms with Crippen molar-refractivity contribution in [3.05, 3.63) is 23.8 Å². The van der Waals surface area contributed by atoms with E-state index >= 15 is 0 Å². The lowest BCUT2D eigenvalue weighted by Crippen LogP contribution is -2.59. The molecule has 8 atom stereocenters. The number of carbonyl (C=O) groups is 5. The number of esters is 2. The predicted molar refractivity (Wildman–Crippen MR) is 130 cm³/mol. The average molecular weight is 517 g/mol. The maximum absolute atomic E-state index is 13.3. The summed E-state index contributed by atoms with van der Waals surface area (Å²) in [7, 11) is 0. The zero-order valence-corrected chi connectivity index (χ0v) is 21.6. The van der Waals surface area contributed by atoms with Crippen molar-refractivity contribution in [1.82, 2.24) is 0 Å². The fourth-order valence-electron chi connectivity index (χ4n) is 8.08. The summed E-state index contributed by atoms with van der Waals surface area (Å²) in [5.74, 6) is -3.09. The molecule has 4 aliphatic carbocycles. The van der Waals surface area contributed by atoms with Crippen LogP contribution in [0.5, 0.6) is 0 Å². The molecule has 202 valence electrons. The summed E-state index contributed by atoms with van der Waals surface area (Å²) in [4.78, 5) is 60.3. The van der Waals surface area contributed by atoms with Crippen LogP contribution in [-0.2, 0) is 33.4 Å². The Hall–Kier alpha value is -2.81. The second-order valence-electron chi connectivity index (χ2n) is 11.5. The molecule has 0 bridgehead atoms. The molecule has 0 spiro atoms. The maximum Gasteiger partial charge on any atom is 0.306 e. The van der Waals surface area contributed by atoms with E-state index in [1.54, 1.807) is 12.2 Å². The first kappa shape index (κ1) is 27.2. The monoisotopic (exact) mass is 516 g/mol. The molecule has 37 heavy (non-hydrogen) atoms. The van der Waals surface area contributed by atoms with Gasteiger partial charge in [-0.25, -0.2) is 0 Å². The third-order valence-corrected chi connectivity index (χ3v) is 9.48. The third kappa shape index (κ3) is 4.90. The van der Waals surface area contributed by atoms with Crippen LogP contribution < -0.4 is 0 Å². The molecule has 0 heterocycles. The van der Waals surface area contributed by atoms with E-state index in [-0.39, 0.29) is 54.7 Å². The van der Waals surface area contributed by atoms with Gasteiger partial charge >= 0.3 is 17.9 Å². The summed E-state index contributed by atoms with van der Waals surface area (Å²) in [6, 6.07) is 0. The standard InChI is InChI=1S/C28H36O9/c1-15(30)37-23-12-28(3)19(4-5-20(28)22(32)14-36-25(35)7-6-24(33)34)18-10-16(13-29)21-11-17(31)8-9-27(21,2)26(18)23/h8-9,11,16,18-20,23,26,29H,4-7,10,12-14H2,1-3H3,(H,33,34)/t16-,18+,19+,20-,23-,26-,27+,28+/m1/s1. The van der Waals surface area contributed by atoms with Gasteiger partial charge in [-0.05, 0) is 55.1 Å². The molecule has 4 rings (SSSR count). The van der Waals surface area contributed by atoms with Crippen LogP contribution in [0, 0.1) is 40.4 Å². The van der Waals surface area contributed by atoms with Gasteiger partial charge in [-0.2, -0.15) is 0 Å². The van der Waals surface area contributed by atoms with Gasteiger partial charge < -0.3 is 19.7 Å². The first-order valence-corrected chi connectivity index (χ1v) is 13.0. The number of Topliss-reactive ketones (excluding diaryl/α,β-unsaturated/α-hetero) is 1. The fourth-order valence-corrected chi connectivity index (χ4v) is 8.08. The molecule has 3 fully saturated rings. The number of aliphatic carboxylic acids is 1. The number of aliphatic hydroxyl groups is 1. The lowest BCUT2D eigenvalue weighted by atomic mass is 9.45. The second kappa shape index (κ2) is 10.2. The highest BCUT2D eigenvalue weighted by atomic mass is 16.5. The number of ketones is 2. The predicted octanol–water partition coefficient (Wildman–Crippen LogP) is 2.65. The van der Waals surface area contributed by atoms with E-state index in [9.17, 15) is 29.1 Å². The van der Waals surface area contributed by atoms with Crippen molar-refractivity contribution in [2.75, 3.05) is 13.2 Å². The highest BCUT2D eigenvalue weighted by molar-refractivity contribution is 6.01. The molecular formula is C28H36O9. The van der Waals surface area contributed by atoms with Crippen molar-refractivity contribution in [3.8, 4) is 0 Å². The van der Waals surface area contributed by atoms with Gasteiger partial charge in [-0.15, -0.1) is 0 Å². The summed E-state index contributed by atoms with van der Waals surface area (Å²) in [6.45, 7) is 4.97. The van der Waals surface area contributed by atoms with E-state index < -0.39 is 47.4 Å². The van der Waals surface area contributed by atoms with E-state index in [0.29, 0.717) is 19.3 Å². The Labute approximate surface area is 216 Å². The van der Waals surface area contributed by atoms with Crippen LogP contribution in [0.25, 0.3) is 0 Å². The number of rotatable bonds is 8. The quantitative estimate of drug-likeness (QED) is 0.465. The summed E-state index contributed by atoms with van der Waals surface area (Å²) in [5, 5.41) is 19.0. The van der Waals surface area contributed by atoms with E-state index in [4.69, 9.17) is 14.6 Å². The SMILES string of the molecule is CC(=O)O[C@@H]1C[C@]2(C)[C@@H](C(=O)COC(=O)CCC(=O)O)CC[C@H]2[C@@H]2C[C@H](CO)C3=CC(=O)C=C[C@]3(C)[C@H]21. The van der Waals surface area contributed by atoms with Crippen LogP contribution in [0.2, 0.25) is 0 Å². The molecule has 9 nitrogen and oxygen atoms in total. The van der Waals surface area contributed by atoms with Gasteiger partial charge in [-0.3, -0.25) is 24.0 Å². The van der Waals surface area contributed by atoms with Crippen LogP contribution >= 0.6 is 0 Å². The summed E-state index contributed by atoms with van der Waals surface area (Å²) < 4.78 is 11.0. The molecule has 0 aromatic rings. The Morgan fingerprint density at radius 3 is 2.51 bits per heavy atom. The Morgan fingerprint density at radius 1 is 1.14 bits per heavy atom. The van der Waals surface area contributed by atoms with Crippen LogP contribution in [0.3, 0.4) is 0 Å². The van der Waals surface area contributed by atoms with E-state index in [1.165, 1.54) is 6.92 Å². The molecule has 0 aromatic carbocycles. The van der Waals surface area contributed by atoms with Crippen molar-refractivity contribution in [2.24, 2.45) is 40.4 Å². The van der Waals surface area contributed by atoms with Crippen molar-refractivity contribution in [1.29, 1.82) is 0 Å². The Morgan fingerprint density at radius 2 is 1.86 bits per heavy atom. The minimum Gasteiger partial charge on any atom is -0.481 e. The van der Waals surface area contributed by atoms with Crippen molar-refractivity contribution >= 4 is 29.5 Å². The molecular weight excluding hydrogens is 480 g/mol. The molecule has 2 N–H and O–H groups in total. The number of carboxylic acids is 1. The van der Waals surface area contributed by atoms with Crippen LogP contribution in [0.1, 0.15) is 59.3 Å². The minimum atomic E-state index is -1.11. The first-order chi connectivity index (χ1) is 17.4. The Balaban J connectivity index is 1.62. The van der Waals surface area contributed by atoms with Gasteiger partial charge in [0.1, 0.15) is 12.7 Å². The number of carboxylic acid groups (broad SMARTS) is 1. The van der Waals surface area contributed by atoms with Crippen LogP contribution in [0.4, 0.5) is 0 Å². The molecule has 0 radical (unpaired) electrons. The van der Waals surface area contributed by atoms with Crippen LogP contribution in [-0.4, -0.2) is 59.0 Å². The van der Waals surface area contributed by atoms with Crippen molar-refractivity contribution < 1.29 is 43.7 Å². The third-order valence-electron chi connectivity index (χ3n) is 9.48. The van der Waals surface area contributed by atoms with Gasteiger partial charge in [0, 0.05) is 36.7 Å². The number of carbonyl (C=O) groups excluding carboxylic acids is 4. The van der Waals surface area contributed by atoms with Gasteiger partial charge in [0.05, 0.1) is 12.8 Å². The van der Waals surface area contributed by atoms with Crippen LogP contribution in [0.15, 0.2) is 23.8 Å². The Bertz CT molecular complexity index is 1060. The second-order valence-corrected chi connectivity index (χ2v) is 11.5. The number of ether oxygens (including phenoxy) is 2. The number of fused-ring (bicyclic) bond motifs is 5. The molecule has 3 saturated carbocycles. The largest absolute Gasteiger partial charge is 0.481 e. The molecule has 0 amide bonds. The zero-order valence-electron chi connectivity index (χ0n) is 21.6. The molecule has 0 unspecified atom stereocenters. The minimum absolute atomic E-state index is 0.0520. The molecule has 4 aliphatic rings. The smallest absolute Gasteiger partial charge is 0.306 e. The van der Waals surface area contributed by atoms with E-state index in [1.807, 2.05) is 13.0 Å². The summed E-state index contributed by atoms with van der Waals surface area (Å²) in [6.07, 6.45) is 6.43. The summed E-state index contributed by atoms with van der Waals surface area (Å²) in [5.41, 5.74) is -0.186. The van der Waals surface area contributed by atoms with Crippen molar-refractivity contribution in [2.45, 2.75) is 65.4 Å². The average Bonchev–Trinajstić information content (AvgIpc) is 3.17. The number of allylic oxidation sites excluding steroid dienone is 3. The maximum atomic E-state index is 13.3. The lowest BCUT2D eigenvalue weighted by molar-refractivity contribution is -0.175. The van der Waals surface area contributed by atoms with Gasteiger partial charge in [0.2, 0.25) is 0 Å². The fraction of sp³-hybridized carbons (Fsp3) is 0.679. The Kier molecular flexibility index (Phi) is 7.48. The van der Waals surface area contributed by atoms with Gasteiger partial charge in [-0.1, -0.05) is 25.5 Å². The number of aliphatic hydroxyl groups excluding tert-OH is 1. The first-order valence-electron chi connectivity index (χ1n) is 13.0. The molecule has 0 aliphatic heterocycles. The highest BCUT2D eigenvalue weighted by Crippen LogP contribution is 2.67. The number of hydrogen-bond donors (Lipinski definition) is 2. The molecule has 9 heteroatoms. The van der Waals surface area contributed by atoms with E-state index in [0.717, 1.165) is 12.0 Å². The summed E-state index contributed by atoms with van der Waals surface area (Å²) >= 11 is 0. The lowest BCUT2D eigenvalue weighted by Gasteiger charge is -2.60. The normalized spacial score (nSPS) is 38.1. The molecule has 0 aromatic heterocycles. The highest BCUT2D eigenvalue weighted by Gasteiger charge is 2.64. The zero-order chi connectivity index (χ0) is 27.1. The topological polar surface area (TPSA) is 144 Å².